The second-order valence-electron chi connectivity index (χ2n) is 6.45. The molecule has 0 saturated heterocycles. The minimum Gasteiger partial charge on any atom is -0.454 e. The van der Waals surface area contributed by atoms with Crippen LogP contribution in [0, 0.1) is 26.2 Å². The summed E-state index contributed by atoms with van der Waals surface area (Å²) in [5.41, 5.74) is 4.24. The molecular weight excluding hydrogens is 360 g/mol. The van der Waals surface area contributed by atoms with E-state index in [0.29, 0.717) is 22.8 Å². The maximum atomic E-state index is 12.6. The summed E-state index contributed by atoms with van der Waals surface area (Å²) in [6, 6.07) is 9.70. The van der Waals surface area contributed by atoms with Gasteiger partial charge in [-0.1, -0.05) is 23.3 Å². The molecule has 136 valence electrons. The Balaban J connectivity index is 1.70. The lowest BCUT2D eigenvalue weighted by atomic mass is 10.1. The maximum Gasteiger partial charge on any atom is 0.252 e. The van der Waals surface area contributed by atoms with Crippen molar-refractivity contribution in [2.24, 2.45) is 4.99 Å². The third-order valence-electron chi connectivity index (χ3n) is 4.56. The Morgan fingerprint density at radius 2 is 2.00 bits per heavy atom. The van der Waals surface area contributed by atoms with E-state index in [1.807, 2.05) is 22.8 Å². The molecule has 4 rings (SSSR count). The molecule has 0 spiro atoms. The van der Waals surface area contributed by atoms with Crippen molar-refractivity contribution >= 4 is 27.5 Å². The van der Waals surface area contributed by atoms with E-state index in [4.69, 9.17) is 15.9 Å². The molecule has 1 aromatic heterocycles. The first kappa shape index (κ1) is 17.4. The molecule has 1 aliphatic heterocycles. The van der Waals surface area contributed by atoms with Crippen molar-refractivity contribution < 1.29 is 14.3 Å². The van der Waals surface area contributed by atoms with E-state index in [1.165, 1.54) is 22.5 Å². The molecule has 0 bridgehead atoms. The highest BCUT2D eigenvalue weighted by molar-refractivity contribution is 7.16. The number of amides is 1. The van der Waals surface area contributed by atoms with Crippen molar-refractivity contribution in [2.75, 3.05) is 6.79 Å². The summed E-state index contributed by atoms with van der Waals surface area (Å²) in [4.78, 5) is 17.5. The first-order valence-electron chi connectivity index (χ1n) is 8.55. The van der Waals surface area contributed by atoms with Gasteiger partial charge in [0.05, 0.1) is 23.2 Å². The summed E-state index contributed by atoms with van der Waals surface area (Å²) in [6.45, 7) is 4.72. The van der Waals surface area contributed by atoms with Gasteiger partial charge in [-0.05, 0) is 54.8 Å². The highest BCUT2D eigenvalue weighted by Crippen LogP contribution is 2.32. The van der Waals surface area contributed by atoms with Gasteiger partial charge in [-0.15, -0.1) is 6.42 Å². The topological polar surface area (TPSA) is 52.8 Å². The van der Waals surface area contributed by atoms with E-state index >= 15 is 0 Å². The first-order chi connectivity index (χ1) is 13.0. The zero-order valence-electron chi connectivity index (χ0n) is 15.1. The molecule has 0 radical (unpaired) electrons. The van der Waals surface area contributed by atoms with Crippen molar-refractivity contribution in [2.45, 2.75) is 26.8 Å². The number of ether oxygens (including phenoxy) is 2. The molecule has 1 amide bonds. The van der Waals surface area contributed by atoms with Gasteiger partial charge in [-0.25, -0.2) is 0 Å². The van der Waals surface area contributed by atoms with Gasteiger partial charge in [0.2, 0.25) is 6.79 Å². The van der Waals surface area contributed by atoms with Crippen LogP contribution in [0.5, 0.6) is 11.5 Å². The number of aromatic nitrogens is 1. The monoisotopic (exact) mass is 378 g/mol. The molecule has 0 atom stereocenters. The molecule has 2 heterocycles. The zero-order valence-corrected chi connectivity index (χ0v) is 15.9. The van der Waals surface area contributed by atoms with E-state index in [0.717, 1.165) is 15.8 Å². The number of rotatable bonds is 3. The Morgan fingerprint density at radius 3 is 2.81 bits per heavy atom. The van der Waals surface area contributed by atoms with Crippen LogP contribution in [0.4, 0.5) is 0 Å². The Kier molecular flexibility index (Phi) is 4.46. The van der Waals surface area contributed by atoms with Crippen LogP contribution in [0.3, 0.4) is 0 Å². The van der Waals surface area contributed by atoms with Crippen LogP contribution in [0.1, 0.15) is 16.7 Å². The average molecular weight is 378 g/mol. The number of carbonyl (C=O) groups excluding carboxylic acids is 1. The quantitative estimate of drug-likeness (QED) is 0.657. The summed E-state index contributed by atoms with van der Waals surface area (Å²) < 4.78 is 13.7. The first-order valence-corrected chi connectivity index (χ1v) is 9.37. The Labute approximate surface area is 160 Å². The normalized spacial score (nSPS) is 13.1. The molecule has 0 saturated carbocycles. The lowest BCUT2D eigenvalue weighted by Gasteiger charge is -2.03. The van der Waals surface area contributed by atoms with E-state index in [9.17, 15) is 4.79 Å². The van der Waals surface area contributed by atoms with Gasteiger partial charge < -0.3 is 14.0 Å². The molecular formula is C21H18N2O3S. The number of benzene rings is 2. The molecule has 0 fully saturated rings. The van der Waals surface area contributed by atoms with Gasteiger partial charge in [0.15, 0.2) is 16.3 Å². The lowest BCUT2D eigenvalue weighted by molar-refractivity contribution is -0.117. The molecule has 1 aliphatic rings. The van der Waals surface area contributed by atoms with Gasteiger partial charge in [0.25, 0.3) is 5.91 Å². The molecule has 5 nitrogen and oxygen atoms in total. The smallest absolute Gasteiger partial charge is 0.252 e. The van der Waals surface area contributed by atoms with Crippen molar-refractivity contribution in [1.29, 1.82) is 0 Å². The molecule has 0 aliphatic carbocycles. The summed E-state index contributed by atoms with van der Waals surface area (Å²) in [7, 11) is 0. The maximum absolute atomic E-state index is 12.6. The number of hydrogen-bond acceptors (Lipinski definition) is 4. The fraction of sp³-hybridized carbons (Fsp3) is 0.238. The third-order valence-corrected chi connectivity index (χ3v) is 5.60. The van der Waals surface area contributed by atoms with Crippen LogP contribution in [-0.2, 0) is 17.8 Å². The molecule has 0 N–H and O–H groups in total. The Bertz CT molecular complexity index is 1160. The number of nitrogens with zero attached hydrogens (tertiary/aromatic N) is 2. The summed E-state index contributed by atoms with van der Waals surface area (Å²) in [6.07, 6.45) is 5.73. The number of terminal acetylenes is 1. The molecule has 27 heavy (non-hydrogen) atoms. The SMILES string of the molecule is C#CCn1c(=NC(=O)Cc2ccc3c(c2)OCO3)sc2cc(C)c(C)cc21. The van der Waals surface area contributed by atoms with Gasteiger partial charge >= 0.3 is 0 Å². The van der Waals surface area contributed by atoms with Crippen molar-refractivity contribution in [3.05, 3.63) is 51.8 Å². The summed E-state index contributed by atoms with van der Waals surface area (Å²) in [5.74, 6) is 3.80. The van der Waals surface area contributed by atoms with E-state index in [-0.39, 0.29) is 19.1 Å². The highest BCUT2D eigenvalue weighted by Gasteiger charge is 2.15. The second-order valence-corrected chi connectivity index (χ2v) is 7.46. The standard InChI is InChI=1S/C21H18N2O3S/c1-4-7-23-16-8-13(2)14(3)9-19(16)27-21(23)22-20(24)11-15-5-6-17-18(10-15)26-12-25-17/h1,5-6,8-10H,7,11-12H2,2-3H3. The van der Waals surface area contributed by atoms with Crippen LogP contribution in [0.2, 0.25) is 0 Å². The zero-order chi connectivity index (χ0) is 19.0. The van der Waals surface area contributed by atoms with E-state index in [2.05, 4.69) is 36.9 Å². The molecule has 3 aromatic rings. The largest absolute Gasteiger partial charge is 0.454 e. The molecule has 2 aromatic carbocycles. The molecule has 6 heteroatoms. The Hall–Kier alpha value is -3.04. The number of fused-ring (bicyclic) bond motifs is 2. The fourth-order valence-corrected chi connectivity index (χ4v) is 4.15. The average Bonchev–Trinajstić information content (AvgIpc) is 3.21. The van der Waals surface area contributed by atoms with Crippen LogP contribution in [-0.4, -0.2) is 17.3 Å². The lowest BCUT2D eigenvalue weighted by Crippen LogP contribution is -2.17. The number of thiazole rings is 1. The van der Waals surface area contributed by atoms with Crippen molar-refractivity contribution in [3.63, 3.8) is 0 Å². The van der Waals surface area contributed by atoms with Crippen LogP contribution in [0.15, 0.2) is 35.3 Å². The van der Waals surface area contributed by atoms with Crippen molar-refractivity contribution in [3.8, 4) is 23.8 Å². The van der Waals surface area contributed by atoms with Crippen LogP contribution in [0.25, 0.3) is 10.2 Å². The number of hydrogen-bond donors (Lipinski definition) is 0. The van der Waals surface area contributed by atoms with Crippen LogP contribution >= 0.6 is 11.3 Å². The summed E-state index contributed by atoms with van der Waals surface area (Å²) >= 11 is 1.48. The van der Waals surface area contributed by atoms with Gasteiger partial charge in [0, 0.05) is 0 Å². The van der Waals surface area contributed by atoms with Crippen LogP contribution < -0.4 is 14.3 Å². The number of aryl methyl sites for hydroxylation is 2. The van der Waals surface area contributed by atoms with Gasteiger partial charge in [0.1, 0.15) is 0 Å². The fourth-order valence-electron chi connectivity index (χ4n) is 3.02. The Morgan fingerprint density at radius 1 is 1.22 bits per heavy atom. The van der Waals surface area contributed by atoms with Gasteiger partial charge in [-0.2, -0.15) is 4.99 Å². The minimum atomic E-state index is -0.223. The highest BCUT2D eigenvalue weighted by atomic mass is 32.1. The van der Waals surface area contributed by atoms with Crippen molar-refractivity contribution in [1.82, 2.24) is 4.57 Å². The second kappa shape index (κ2) is 6.93. The third kappa shape index (κ3) is 3.34. The molecule has 0 unspecified atom stereocenters. The number of carbonyl (C=O) groups is 1. The predicted molar refractivity (Wildman–Crippen MR) is 105 cm³/mol. The predicted octanol–water partition coefficient (Wildman–Crippen LogP) is 3.35. The van der Waals surface area contributed by atoms with E-state index < -0.39 is 0 Å². The van der Waals surface area contributed by atoms with Gasteiger partial charge in [-0.3, -0.25) is 4.79 Å². The van der Waals surface area contributed by atoms with E-state index in [1.54, 1.807) is 0 Å². The summed E-state index contributed by atoms with van der Waals surface area (Å²) in [5, 5.41) is 0. The minimum absolute atomic E-state index is 0.193.